The first-order chi connectivity index (χ1) is 7.56. The molecule has 0 aliphatic rings. The van der Waals surface area contributed by atoms with Crippen LogP contribution in [0.5, 0.6) is 5.75 Å². The molecular formula is C10H16ClN3O3. The Balaban J connectivity index is 0.00000256. The Morgan fingerprint density at radius 2 is 2.12 bits per heavy atom. The van der Waals surface area contributed by atoms with Gasteiger partial charge >= 0.3 is 0 Å². The van der Waals surface area contributed by atoms with Gasteiger partial charge < -0.3 is 16.6 Å². The Morgan fingerprint density at radius 3 is 2.65 bits per heavy atom. The normalized spacial score (nSPS) is 11.6. The van der Waals surface area contributed by atoms with Gasteiger partial charge in [-0.15, -0.1) is 12.4 Å². The Hall–Kier alpha value is -1.37. The van der Waals surface area contributed by atoms with Crippen LogP contribution in [0.1, 0.15) is 24.4 Å². The molecule has 0 aliphatic carbocycles. The lowest BCUT2D eigenvalue weighted by atomic mass is 10.0. The third kappa shape index (κ3) is 4.18. The number of nitro benzene ring substituents is 1. The molecule has 7 heteroatoms. The lowest BCUT2D eigenvalue weighted by Gasteiger charge is -2.12. The molecule has 6 nitrogen and oxygen atoms in total. The molecule has 0 unspecified atom stereocenters. The van der Waals surface area contributed by atoms with E-state index in [1.54, 1.807) is 0 Å². The van der Waals surface area contributed by atoms with Crippen molar-refractivity contribution in [2.75, 3.05) is 6.54 Å². The molecular weight excluding hydrogens is 246 g/mol. The van der Waals surface area contributed by atoms with E-state index in [0.29, 0.717) is 24.9 Å². The summed E-state index contributed by atoms with van der Waals surface area (Å²) in [5.41, 5.74) is 11.5. The van der Waals surface area contributed by atoms with Crippen LogP contribution in [-0.2, 0) is 0 Å². The van der Waals surface area contributed by atoms with Gasteiger partial charge in [0.1, 0.15) is 5.75 Å². The second kappa shape index (κ2) is 7.05. The van der Waals surface area contributed by atoms with Crippen molar-refractivity contribution in [3.8, 4) is 5.75 Å². The highest BCUT2D eigenvalue weighted by atomic mass is 35.5. The van der Waals surface area contributed by atoms with Crippen LogP contribution in [0, 0.1) is 10.1 Å². The summed E-state index contributed by atoms with van der Waals surface area (Å²) in [6.07, 6.45) is 1.30. The fraction of sp³-hybridized carbons (Fsp3) is 0.400. The molecule has 5 N–H and O–H groups in total. The highest BCUT2D eigenvalue weighted by molar-refractivity contribution is 5.85. The Labute approximate surface area is 105 Å². The van der Waals surface area contributed by atoms with Crippen molar-refractivity contribution in [3.63, 3.8) is 0 Å². The van der Waals surface area contributed by atoms with Crippen LogP contribution in [0.25, 0.3) is 0 Å². The van der Waals surface area contributed by atoms with Gasteiger partial charge in [-0.2, -0.15) is 0 Å². The van der Waals surface area contributed by atoms with E-state index in [2.05, 4.69) is 0 Å². The molecule has 96 valence electrons. The summed E-state index contributed by atoms with van der Waals surface area (Å²) in [7, 11) is 0. The van der Waals surface area contributed by atoms with Gasteiger partial charge in [0.25, 0.3) is 5.69 Å². The molecule has 17 heavy (non-hydrogen) atoms. The molecule has 0 aliphatic heterocycles. The van der Waals surface area contributed by atoms with Crippen molar-refractivity contribution >= 4 is 18.1 Å². The number of nitrogens with zero attached hydrogens (tertiary/aromatic N) is 1. The zero-order chi connectivity index (χ0) is 12.1. The van der Waals surface area contributed by atoms with Crippen molar-refractivity contribution < 1.29 is 10.0 Å². The maximum absolute atomic E-state index is 10.6. The van der Waals surface area contributed by atoms with Crippen LogP contribution >= 0.6 is 12.4 Å². The first-order valence-corrected chi connectivity index (χ1v) is 4.99. The van der Waals surface area contributed by atoms with Crippen LogP contribution in [0.3, 0.4) is 0 Å². The second-order valence-electron chi connectivity index (χ2n) is 3.54. The van der Waals surface area contributed by atoms with Gasteiger partial charge in [0.15, 0.2) is 0 Å². The van der Waals surface area contributed by atoms with E-state index in [9.17, 15) is 15.2 Å². The minimum absolute atomic E-state index is 0. The number of phenolic OH excluding ortho intramolecular Hbond substituents is 1. The zero-order valence-electron chi connectivity index (χ0n) is 9.20. The van der Waals surface area contributed by atoms with E-state index >= 15 is 0 Å². The molecule has 0 spiro atoms. The largest absolute Gasteiger partial charge is 0.508 e. The number of hydrogen-bond donors (Lipinski definition) is 3. The minimum Gasteiger partial charge on any atom is -0.508 e. The summed E-state index contributed by atoms with van der Waals surface area (Å²) in [6.45, 7) is 0.503. The van der Waals surface area contributed by atoms with Crippen LogP contribution in [0.2, 0.25) is 0 Å². The quantitative estimate of drug-likeness (QED) is 0.548. The van der Waals surface area contributed by atoms with Gasteiger partial charge in [-0.25, -0.2) is 0 Å². The summed E-state index contributed by atoms with van der Waals surface area (Å²) in [5, 5.41) is 20.1. The van der Waals surface area contributed by atoms with Gasteiger partial charge in [-0.05, 0) is 25.5 Å². The predicted octanol–water partition coefficient (Wildman–Crippen LogP) is 1.46. The fourth-order valence-corrected chi connectivity index (χ4v) is 1.45. The monoisotopic (exact) mass is 261 g/mol. The summed E-state index contributed by atoms with van der Waals surface area (Å²) >= 11 is 0. The highest BCUT2D eigenvalue weighted by Crippen LogP contribution is 2.29. The van der Waals surface area contributed by atoms with Crippen molar-refractivity contribution in [1.29, 1.82) is 0 Å². The molecule has 0 heterocycles. The molecule has 0 saturated carbocycles. The molecule has 0 amide bonds. The number of aromatic hydroxyl groups is 1. The zero-order valence-corrected chi connectivity index (χ0v) is 10.0. The SMILES string of the molecule is Cl.NCCC[C@@H](N)c1cc([N+](=O)[O-])ccc1O. The third-order valence-corrected chi connectivity index (χ3v) is 2.34. The van der Waals surface area contributed by atoms with Crippen LogP contribution in [0.15, 0.2) is 18.2 Å². The number of non-ortho nitro benzene ring substituents is 1. The van der Waals surface area contributed by atoms with Gasteiger partial charge in [-0.3, -0.25) is 10.1 Å². The van der Waals surface area contributed by atoms with Crippen LogP contribution in [-0.4, -0.2) is 16.6 Å². The smallest absolute Gasteiger partial charge is 0.270 e. The number of rotatable bonds is 5. The first-order valence-electron chi connectivity index (χ1n) is 4.99. The molecule has 0 saturated heterocycles. The molecule has 0 radical (unpaired) electrons. The number of nitro groups is 1. The van der Waals surface area contributed by atoms with Crippen molar-refractivity contribution in [2.24, 2.45) is 11.5 Å². The lowest BCUT2D eigenvalue weighted by molar-refractivity contribution is -0.385. The van der Waals surface area contributed by atoms with E-state index in [1.807, 2.05) is 0 Å². The standard InChI is InChI=1S/C10H15N3O3.ClH/c11-5-1-2-9(12)8-6-7(13(15)16)3-4-10(8)14;/h3-4,6,9,14H,1-2,5,11-12H2;1H/t9-;/m1./s1. The molecule has 0 bridgehead atoms. The molecule has 1 aromatic carbocycles. The molecule has 0 aromatic heterocycles. The number of hydrogen-bond acceptors (Lipinski definition) is 5. The Morgan fingerprint density at radius 1 is 1.47 bits per heavy atom. The summed E-state index contributed by atoms with van der Waals surface area (Å²) in [5.74, 6) is -0.0184. The van der Waals surface area contributed by atoms with E-state index in [-0.39, 0.29) is 23.8 Å². The number of nitrogens with two attached hydrogens (primary N) is 2. The van der Waals surface area contributed by atoms with Gasteiger partial charge in [-0.1, -0.05) is 0 Å². The second-order valence-corrected chi connectivity index (χ2v) is 3.54. The Bertz CT molecular complexity index is 387. The summed E-state index contributed by atoms with van der Waals surface area (Å²) in [4.78, 5) is 10.0. The number of halogens is 1. The number of benzene rings is 1. The molecule has 1 rings (SSSR count). The van der Waals surface area contributed by atoms with Gasteiger partial charge in [0, 0.05) is 23.7 Å². The van der Waals surface area contributed by atoms with Crippen molar-refractivity contribution in [3.05, 3.63) is 33.9 Å². The fourth-order valence-electron chi connectivity index (χ4n) is 1.45. The summed E-state index contributed by atoms with van der Waals surface area (Å²) < 4.78 is 0. The predicted molar refractivity (Wildman–Crippen MR) is 67.2 cm³/mol. The van der Waals surface area contributed by atoms with Crippen molar-refractivity contribution in [1.82, 2.24) is 0 Å². The minimum atomic E-state index is -0.515. The van der Waals surface area contributed by atoms with Crippen LogP contribution < -0.4 is 11.5 Å². The third-order valence-electron chi connectivity index (χ3n) is 2.34. The van der Waals surface area contributed by atoms with Crippen molar-refractivity contribution in [2.45, 2.75) is 18.9 Å². The molecule has 0 fully saturated rings. The molecule has 1 atom stereocenters. The van der Waals surface area contributed by atoms with Crippen LogP contribution in [0.4, 0.5) is 5.69 Å². The van der Waals surface area contributed by atoms with E-state index in [1.165, 1.54) is 18.2 Å². The molecule has 1 aromatic rings. The van der Waals surface area contributed by atoms with E-state index < -0.39 is 11.0 Å². The van der Waals surface area contributed by atoms with E-state index in [4.69, 9.17) is 11.5 Å². The Kier molecular flexibility index (Phi) is 6.48. The average Bonchev–Trinajstić information content (AvgIpc) is 2.26. The maximum atomic E-state index is 10.6. The first kappa shape index (κ1) is 15.6. The van der Waals surface area contributed by atoms with E-state index in [0.717, 1.165) is 0 Å². The lowest BCUT2D eigenvalue weighted by Crippen LogP contribution is -2.13. The summed E-state index contributed by atoms with van der Waals surface area (Å²) in [6, 6.07) is 3.41. The van der Waals surface area contributed by atoms with Gasteiger partial charge in [0.05, 0.1) is 4.92 Å². The highest BCUT2D eigenvalue weighted by Gasteiger charge is 2.15. The van der Waals surface area contributed by atoms with Gasteiger partial charge in [0.2, 0.25) is 0 Å². The topological polar surface area (TPSA) is 115 Å². The average molecular weight is 262 g/mol. The number of phenols is 1. The maximum Gasteiger partial charge on any atom is 0.270 e.